The molecule has 0 amide bonds. The minimum absolute atomic E-state index is 0.219. The number of halogens is 1. The highest BCUT2D eigenvalue weighted by atomic mass is 19.1. The predicted octanol–water partition coefficient (Wildman–Crippen LogP) is 4.14. The fourth-order valence-corrected chi connectivity index (χ4v) is 3.21. The summed E-state index contributed by atoms with van der Waals surface area (Å²) in [5, 5.41) is 3.32. The summed E-state index contributed by atoms with van der Waals surface area (Å²) in [4.78, 5) is 12.3. The minimum Gasteiger partial charge on any atom is -0.467 e. The average Bonchev–Trinajstić information content (AvgIpc) is 2.72. The van der Waals surface area contributed by atoms with Crippen LogP contribution in [0.4, 0.5) is 10.1 Å². The fourth-order valence-electron chi connectivity index (χ4n) is 3.21. The van der Waals surface area contributed by atoms with Crippen LogP contribution in [0.5, 0.6) is 0 Å². The first kappa shape index (κ1) is 15.8. The van der Waals surface area contributed by atoms with Crippen molar-refractivity contribution in [2.45, 2.75) is 51.0 Å². The van der Waals surface area contributed by atoms with Gasteiger partial charge in [0.15, 0.2) is 0 Å². The third-order valence-corrected chi connectivity index (χ3v) is 4.58. The van der Waals surface area contributed by atoms with Gasteiger partial charge in [0, 0.05) is 5.69 Å². The van der Waals surface area contributed by atoms with Gasteiger partial charge in [0.05, 0.1) is 7.11 Å². The highest BCUT2D eigenvalue weighted by Gasteiger charge is 2.40. The van der Waals surface area contributed by atoms with E-state index in [1.54, 1.807) is 12.1 Å². The van der Waals surface area contributed by atoms with Crippen LogP contribution in [-0.4, -0.2) is 18.6 Å². The van der Waals surface area contributed by atoms with Gasteiger partial charge >= 0.3 is 5.97 Å². The molecule has 1 aromatic carbocycles. The molecule has 4 heteroatoms. The summed E-state index contributed by atoms with van der Waals surface area (Å²) >= 11 is 0. The molecule has 3 nitrogen and oxygen atoms in total. The van der Waals surface area contributed by atoms with Crippen molar-refractivity contribution in [3.05, 3.63) is 30.1 Å². The largest absolute Gasteiger partial charge is 0.467 e. The van der Waals surface area contributed by atoms with Gasteiger partial charge in [-0.2, -0.15) is 0 Å². The number of rotatable bonds is 4. The number of benzene rings is 1. The molecule has 1 N–H and O–H groups in total. The molecule has 0 aromatic heterocycles. The van der Waals surface area contributed by atoms with Crippen LogP contribution in [0.1, 0.15) is 45.4 Å². The smallest absolute Gasteiger partial charge is 0.331 e. The van der Waals surface area contributed by atoms with Gasteiger partial charge in [-0.05, 0) is 49.4 Å². The van der Waals surface area contributed by atoms with E-state index >= 15 is 0 Å². The molecule has 0 aliphatic heterocycles. The molecule has 2 atom stereocenters. The summed E-state index contributed by atoms with van der Waals surface area (Å²) in [5.41, 5.74) is 0.0768. The third kappa shape index (κ3) is 3.74. The summed E-state index contributed by atoms with van der Waals surface area (Å²) in [6.07, 6.45) is 5.83. The third-order valence-electron chi connectivity index (χ3n) is 4.58. The number of carbonyl (C=O) groups is 1. The van der Waals surface area contributed by atoms with Crippen molar-refractivity contribution in [1.82, 2.24) is 0 Å². The topological polar surface area (TPSA) is 38.3 Å². The van der Waals surface area contributed by atoms with Crippen LogP contribution in [0.15, 0.2) is 24.3 Å². The van der Waals surface area contributed by atoms with Gasteiger partial charge in [-0.25, -0.2) is 9.18 Å². The lowest BCUT2D eigenvalue weighted by Crippen LogP contribution is -2.46. The van der Waals surface area contributed by atoms with Crippen molar-refractivity contribution < 1.29 is 13.9 Å². The second-order valence-electron chi connectivity index (χ2n) is 5.91. The molecule has 1 aromatic rings. The highest BCUT2D eigenvalue weighted by molar-refractivity contribution is 5.84. The number of carbonyl (C=O) groups excluding carboxylic acids is 1. The number of anilines is 1. The summed E-state index contributed by atoms with van der Waals surface area (Å²) in [7, 11) is 1.43. The van der Waals surface area contributed by atoms with Crippen molar-refractivity contribution in [1.29, 1.82) is 0 Å². The fraction of sp³-hybridized carbons (Fsp3) is 0.588. The summed E-state index contributed by atoms with van der Waals surface area (Å²) in [5.74, 6) is 0.176. The first-order valence-corrected chi connectivity index (χ1v) is 7.72. The molecule has 0 spiro atoms. The number of hydrogen-bond acceptors (Lipinski definition) is 3. The van der Waals surface area contributed by atoms with Crippen molar-refractivity contribution in [3.63, 3.8) is 0 Å². The Labute approximate surface area is 125 Å². The van der Waals surface area contributed by atoms with Crippen LogP contribution in [0, 0.1) is 11.7 Å². The van der Waals surface area contributed by atoms with Crippen LogP contribution in [-0.2, 0) is 9.53 Å². The lowest BCUT2D eigenvalue weighted by Gasteiger charge is -2.32. The molecule has 2 unspecified atom stereocenters. The van der Waals surface area contributed by atoms with E-state index in [1.165, 1.54) is 19.2 Å². The Balaban J connectivity index is 2.20. The second-order valence-corrected chi connectivity index (χ2v) is 5.91. The standard InChI is InChI=1S/C17H24FNO2/c1-3-13-5-4-11-17(12-10-13,16(20)21-2)19-15-8-6-14(18)7-9-15/h6-9,13,19H,3-5,10-12H2,1-2H3. The predicted molar refractivity (Wildman–Crippen MR) is 81.6 cm³/mol. The van der Waals surface area contributed by atoms with Gasteiger partial charge in [0.1, 0.15) is 11.4 Å². The summed E-state index contributed by atoms with van der Waals surface area (Å²) in [6.45, 7) is 2.20. The number of nitrogens with one attached hydrogen (secondary N) is 1. The van der Waals surface area contributed by atoms with Gasteiger partial charge in [-0.1, -0.05) is 26.2 Å². The Morgan fingerprint density at radius 3 is 2.67 bits per heavy atom. The van der Waals surface area contributed by atoms with Gasteiger partial charge in [0.2, 0.25) is 0 Å². The van der Waals surface area contributed by atoms with Crippen molar-refractivity contribution in [2.75, 3.05) is 12.4 Å². The van der Waals surface area contributed by atoms with Crippen LogP contribution in [0.2, 0.25) is 0 Å². The molecular weight excluding hydrogens is 269 g/mol. The van der Waals surface area contributed by atoms with Crippen LogP contribution in [0.3, 0.4) is 0 Å². The van der Waals surface area contributed by atoms with E-state index < -0.39 is 5.54 Å². The zero-order valence-electron chi connectivity index (χ0n) is 12.8. The zero-order valence-corrected chi connectivity index (χ0v) is 12.8. The zero-order chi connectivity index (χ0) is 15.3. The van der Waals surface area contributed by atoms with E-state index in [-0.39, 0.29) is 11.8 Å². The van der Waals surface area contributed by atoms with E-state index in [0.717, 1.165) is 44.2 Å². The lowest BCUT2D eigenvalue weighted by atomic mass is 9.88. The van der Waals surface area contributed by atoms with E-state index in [9.17, 15) is 9.18 Å². The normalized spacial score (nSPS) is 26.0. The SMILES string of the molecule is CCC1CCCC(Nc2ccc(F)cc2)(C(=O)OC)CC1. The minimum atomic E-state index is -0.684. The Kier molecular flexibility index (Phi) is 5.21. The maximum absolute atomic E-state index is 13.0. The number of hydrogen-bond donors (Lipinski definition) is 1. The van der Waals surface area contributed by atoms with Gasteiger partial charge in [-0.3, -0.25) is 0 Å². The lowest BCUT2D eigenvalue weighted by molar-refractivity contribution is -0.146. The molecule has 0 heterocycles. The van der Waals surface area contributed by atoms with Crippen LogP contribution < -0.4 is 5.32 Å². The van der Waals surface area contributed by atoms with E-state index in [2.05, 4.69) is 12.2 Å². The molecule has 116 valence electrons. The van der Waals surface area contributed by atoms with Crippen LogP contribution in [0.25, 0.3) is 0 Å². The Bertz CT molecular complexity index is 474. The molecule has 1 fully saturated rings. The van der Waals surface area contributed by atoms with Gasteiger partial charge in [-0.15, -0.1) is 0 Å². The number of esters is 1. The molecule has 1 aliphatic carbocycles. The van der Waals surface area contributed by atoms with Crippen LogP contribution >= 0.6 is 0 Å². The number of methoxy groups -OCH3 is 1. The highest BCUT2D eigenvalue weighted by Crippen LogP contribution is 2.35. The Morgan fingerprint density at radius 1 is 1.33 bits per heavy atom. The van der Waals surface area contributed by atoms with E-state index in [0.29, 0.717) is 5.92 Å². The monoisotopic (exact) mass is 293 g/mol. The molecule has 1 aliphatic rings. The Morgan fingerprint density at radius 2 is 2.05 bits per heavy atom. The van der Waals surface area contributed by atoms with E-state index in [1.807, 2.05) is 0 Å². The van der Waals surface area contributed by atoms with Crippen molar-refractivity contribution >= 4 is 11.7 Å². The molecule has 2 rings (SSSR count). The molecule has 1 saturated carbocycles. The molecule has 0 saturated heterocycles. The maximum Gasteiger partial charge on any atom is 0.331 e. The van der Waals surface area contributed by atoms with Gasteiger partial charge in [0.25, 0.3) is 0 Å². The Hall–Kier alpha value is -1.58. The first-order valence-electron chi connectivity index (χ1n) is 7.72. The molecule has 0 radical (unpaired) electrons. The quantitative estimate of drug-likeness (QED) is 0.670. The van der Waals surface area contributed by atoms with Crippen molar-refractivity contribution in [2.24, 2.45) is 5.92 Å². The van der Waals surface area contributed by atoms with E-state index in [4.69, 9.17) is 4.74 Å². The summed E-state index contributed by atoms with van der Waals surface area (Å²) < 4.78 is 18.1. The number of ether oxygens (including phenoxy) is 1. The van der Waals surface area contributed by atoms with Crippen molar-refractivity contribution in [3.8, 4) is 0 Å². The maximum atomic E-state index is 13.0. The molecule has 0 bridgehead atoms. The van der Waals surface area contributed by atoms with Gasteiger partial charge < -0.3 is 10.1 Å². The molecular formula is C17H24FNO2. The molecule has 21 heavy (non-hydrogen) atoms. The first-order chi connectivity index (χ1) is 10.1. The average molecular weight is 293 g/mol. The second kappa shape index (κ2) is 6.92. The summed E-state index contributed by atoms with van der Waals surface area (Å²) in [6, 6.07) is 6.14.